The van der Waals surface area contributed by atoms with E-state index in [-0.39, 0.29) is 24.4 Å². The Hall–Kier alpha value is -1.92. The van der Waals surface area contributed by atoms with Crippen molar-refractivity contribution in [2.75, 3.05) is 32.2 Å². The minimum Gasteiger partial charge on any atom is -0.354 e. The van der Waals surface area contributed by atoms with Gasteiger partial charge < -0.3 is 19.3 Å². The van der Waals surface area contributed by atoms with Crippen LogP contribution in [0, 0.1) is 0 Å². The van der Waals surface area contributed by atoms with E-state index in [2.05, 4.69) is 0 Å². The van der Waals surface area contributed by atoms with Gasteiger partial charge >= 0.3 is 0 Å². The maximum absolute atomic E-state index is 12.9. The van der Waals surface area contributed by atoms with Crippen LogP contribution in [0.25, 0.3) is 0 Å². The van der Waals surface area contributed by atoms with Gasteiger partial charge in [0, 0.05) is 20.8 Å². The highest BCUT2D eigenvalue weighted by atomic mass is 16.7. The van der Waals surface area contributed by atoms with Crippen molar-refractivity contribution in [2.24, 2.45) is 0 Å². The van der Waals surface area contributed by atoms with Crippen LogP contribution in [0.15, 0.2) is 24.3 Å². The van der Waals surface area contributed by atoms with Crippen LogP contribution in [-0.2, 0) is 14.3 Å². The van der Waals surface area contributed by atoms with Crippen LogP contribution in [0.3, 0.4) is 0 Å². The monoisotopic (exact) mass is 304 g/mol. The first kappa shape index (κ1) is 15.0. The highest BCUT2D eigenvalue weighted by Crippen LogP contribution is 2.32. The average molecular weight is 304 g/mol. The quantitative estimate of drug-likeness (QED) is 0.786. The Morgan fingerprint density at radius 3 is 2.68 bits per heavy atom. The van der Waals surface area contributed by atoms with Crippen molar-refractivity contribution in [3.8, 4) is 0 Å². The SMILES string of the molecule is COC(CN1C(=O)[C@@H]2CCCN2C(=O)c2ccccc21)OC. The Bertz CT molecular complexity index is 585. The molecule has 0 unspecified atom stereocenters. The lowest BCUT2D eigenvalue weighted by Gasteiger charge is -2.28. The van der Waals surface area contributed by atoms with Crippen molar-refractivity contribution < 1.29 is 19.1 Å². The summed E-state index contributed by atoms with van der Waals surface area (Å²) in [5, 5.41) is 0. The van der Waals surface area contributed by atoms with Gasteiger partial charge in [0.05, 0.1) is 17.8 Å². The molecule has 1 atom stereocenters. The molecule has 0 saturated carbocycles. The smallest absolute Gasteiger partial charge is 0.256 e. The Balaban J connectivity index is 2.04. The number of hydrogen-bond acceptors (Lipinski definition) is 4. The number of fused-ring (bicyclic) bond motifs is 2. The molecule has 0 aliphatic carbocycles. The van der Waals surface area contributed by atoms with Gasteiger partial charge in [-0.25, -0.2) is 0 Å². The summed E-state index contributed by atoms with van der Waals surface area (Å²) in [7, 11) is 3.07. The Morgan fingerprint density at radius 1 is 1.23 bits per heavy atom. The lowest BCUT2D eigenvalue weighted by atomic mass is 10.1. The minimum absolute atomic E-state index is 0.0603. The molecule has 2 amide bonds. The van der Waals surface area contributed by atoms with Gasteiger partial charge in [-0.3, -0.25) is 9.59 Å². The van der Waals surface area contributed by atoms with Gasteiger partial charge in [0.1, 0.15) is 6.04 Å². The van der Waals surface area contributed by atoms with Crippen LogP contribution in [0.5, 0.6) is 0 Å². The third-order valence-corrected chi connectivity index (χ3v) is 4.35. The van der Waals surface area contributed by atoms with Crippen LogP contribution in [0.4, 0.5) is 5.69 Å². The predicted octanol–water partition coefficient (Wildman–Crippen LogP) is 1.26. The number of nitrogens with zero attached hydrogens (tertiary/aromatic N) is 2. The third-order valence-electron chi connectivity index (χ3n) is 4.35. The number of hydrogen-bond donors (Lipinski definition) is 0. The second-order valence-electron chi connectivity index (χ2n) is 5.52. The molecular weight excluding hydrogens is 284 g/mol. The van der Waals surface area contributed by atoms with Gasteiger partial charge in [-0.05, 0) is 25.0 Å². The Kier molecular flexibility index (Phi) is 4.13. The fourth-order valence-corrected chi connectivity index (χ4v) is 3.19. The highest BCUT2D eigenvalue weighted by molar-refractivity contribution is 6.11. The molecule has 0 N–H and O–H groups in total. The molecule has 1 saturated heterocycles. The number of benzene rings is 1. The molecule has 2 heterocycles. The van der Waals surface area contributed by atoms with Gasteiger partial charge in [0.2, 0.25) is 5.91 Å². The number of ether oxygens (including phenoxy) is 2. The van der Waals surface area contributed by atoms with E-state index >= 15 is 0 Å². The molecule has 6 nitrogen and oxygen atoms in total. The van der Waals surface area contributed by atoms with E-state index in [1.165, 1.54) is 14.2 Å². The summed E-state index contributed by atoms with van der Waals surface area (Å²) in [4.78, 5) is 29.0. The molecule has 2 aliphatic heterocycles. The molecule has 1 aromatic rings. The lowest BCUT2D eigenvalue weighted by Crippen LogP contribution is -2.47. The highest BCUT2D eigenvalue weighted by Gasteiger charge is 2.42. The van der Waals surface area contributed by atoms with E-state index in [1.54, 1.807) is 21.9 Å². The topological polar surface area (TPSA) is 59.1 Å². The van der Waals surface area contributed by atoms with Crippen molar-refractivity contribution in [2.45, 2.75) is 25.2 Å². The summed E-state index contributed by atoms with van der Waals surface area (Å²) in [6.45, 7) is 0.899. The fourth-order valence-electron chi connectivity index (χ4n) is 3.19. The summed E-state index contributed by atoms with van der Waals surface area (Å²) in [6.07, 6.45) is 1.04. The van der Waals surface area contributed by atoms with Crippen molar-refractivity contribution in [1.82, 2.24) is 4.90 Å². The maximum atomic E-state index is 12.9. The number of anilines is 1. The number of methoxy groups -OCH3 is 2. The van der Waals surface area contributed by atoms with Crippen molar-refractivity contribution >= 4 is 17.5 Å². The van der Waals surface area contributed by atoms with E-state index in [9.17, 15) is 9.59 Å². The molecule has 22 heavy (non-hydrogen) atoms. The van der Waals surface area contributed by atoms with Gasteiger partial charge in [-0.15, -0.1) is 0 Å². The standard InChI is InChI=1S/C16H20N2O4/c1-21-14(22-2)10-18-12-7-4-3-6-11(12)15(19)17-9-5-8-13(17)16(18)20/h3-4,6-7,13-14H,5,8-10H2,1-2H3/t13-/m0/s1. The van der Waals surface area contributed by atoms with E-state index in [4.69, 9.17) is 9.47 Å². The van der Waals surface area contributed by atoms with Crippen molar-refractivity contribution in [1.29, 1.82) is 0 Å². The number of carbonyl (C=O) groups is 2. The molecular formula is C16H20N2O4. The van der Waals surface area contributed by atoms with E-state index < -0.39 is 6.29 Å². The molecule has 3 rings (SSSR count). The summed E-state index contributed by atoms with van der Waals surface area (Å²) in [5.41, 5.74) is 1.19. The largest absolute Gasteiger partial charge is 0.354 e. The zero-order valence-electron chi connectivity index (χ0n) is 12.8. The average Bonchev–Trinajstić information content (AvgIpc) is 3.02. The normalized spacial score (nSPS) is 21.1. The van der Waals surface area contributed by atoms with Gasteiger partial charge in [0.25, 0.3) is 5.91 Å². The molecule has 2 aliphatic rings. The van der Waals surface area contributed by atoms with E-state index in [0.29, 0.717) is 24.2 Å². The molecule has 6 heteroatoms. The second kappa shape index (κ2) is 6.06. The Labute approximate surface area is 129 Å². The van der Waals surface area contributed by atoms with Crippen LogP contribution >= 0.6 is 0 Å². The molecule has 118 valence electrons. The second-order valence-corrected chi connectivity index (χ2v) is 5.52. The first-order valence-corrected chi connectivity index (χ1v) is 7.44. The summed E-state index contributed by atoms with van der Waals surface area (Å²) >= 11 is 0. The number of amides is 2. The fraction of sp³-hybridized carbons (Fsp3) is 0.500. The summed E-state index contributed by atoms with van der Waals surface area (Å²) in [5.74, 6) is -0.129. The van der Waals surface area contributed by atoms with Crippen LogP contribution in [0.2, 0.25) is 0 Å². The van der Waals surface area contributed by atoms with Crippen LogP contribution in [-0.4, -0.2) is 56.4 Å². The van der Waals surface area contributed by atoms with Gasteiger partial charge in [0.15, 0.2) is 6.29 Å². The molecule has 1 aromatic carbocycles. The lowest BCUT2D eigenvalue weighted by molar-refractivity contribution is -0.126. The van der Waals surface area contributed by atoms with Crippen LogP contribution < -0.4 is 4.90 Å². The Morgan fingerprint density at radius 2 is 1.95 bits per heavy atom. The molecule has 0 bridgehead atoms. The number of rotatable bonds is 4. The molecule has 0 aromatic heterocycles. The first-order valence-electron chi connectivity index (χ1n) is 7.44. The minimum atomic E-state index is -0.528. The van der Waals surface area contributed by atoms with E-state index in [1.807, 2.05) is 12.1 Å². The van der Waals surface area contributed by atoms with E-state index in [0.717, 1.165) is 6.42 Å². The molecule has 1 fully saturated rings. The van der Waals surface area contributed by atoms with Crippen molar-refractivity contribution in [3.63, 3.8) is 0 Å². The predicted molar refractivity (Wildman–Crippen MR) is 80.7 cm³/mol. The zero-order chi connectivity index (χ0) is 15.7. The molecule has 0 radical (unpaired) electrons. The summed E-state index contributed by atoms with van der Waals surface area (Å²) in [6, 6.07) is 6.84. The third kappa shape index (κ3) is 2.38. The number of carbonyl (C=O) groups excluding carboxylic acids is 2. The maximum Gasteiger partial charge on any atom is 0.256 e. The molecule has 0 spiro atoms. The van der Waals surface area contributed by atoms with Gasteiger partial charge in [-0.1, -0.05) is 12.1 Å². The first-order chi connectivity index (χ1) is 10.7. The van der Waals surface area contributed by atoms with Gasteiger partial charge in [-0.2, -0.15) is 0 Å². The summed E-state index contributed by atoms with van der Waals surface area (Å²) < 4.78 is 10.5. The van der Waals surface area contributed by atoms with Crippen molar-refractivity contribution in [3.05, 3.63) is 29.8 Å². The van der Waals surface area contributed by atoms with Crippen LogP contribution in [0.1, 0.15) is 23.2 Å². The zero-order valence-corrected chi connectivity index (χ0v) is 12.8. The number of para-hydroxylation sites is 1.